The van der Waals surface area contributed by atoms with Crippen molar-refractivity contribution in [2.24, 2.45) is 0 Å². The number of rotatable bonds is 13. The van der Waals surface area contributed by atoms with Gasteiger partial charge in [0.05, 0.1) is 10.6 Å². The summed E-state index contributed by atoms with van der Waals surface area (Å²) in [5.41, 5.74) is 4.08. The van der Waals surface area contributed by atoms with Crippen LogP contribution in [-0.2, 0) is 32.6 Å². The highest BCUT2D eigenvalue weighted by Crippen LogP contribution is 2.27. The molecule has 0 spiro atoms. The molecule has 4 aromatic carbocycles. The molecule has 2 amide bonds. The molecule has 230 valence electrons. The van der Waals surface area contributed by atoms with Crippen molar-refractivity contribution in [3.63, 3.8) is 0 Å². The van der Waals surface area contributed by atoms with Crippen LogP contribution in [-0.4, -0.2) is 44.3 Å². The number of amides is 2. The molecule has 0 aromatic heterocycles. The first-order chi connectivity index (χ1) is 21.1. The molecule has 4 rings (SSSR count). The quantitative estimate of drug-likeness (QED) is 0.198. The van der Waals surface area contributed by atoms with Crippen LogP contribution in [0, 0.1) is 6.92 Å². The normalized spacial score (nSPS) is 12.0. The molecule has 8 heteroatoms. The number of carbonyl (C=O) groups excluding carboxylic acids is 2. The Bertz CT molecular complexity index is 1620. The Morgan fingerprint density at radius 3 is 1.89 bits per heavy atom. The zero-order chi connectivity index (χ0) is 31.7. The number of anilines is 1. The molecule has 0 fully saturated rings. The Morgan fingerprint density at radius 1 is 0.773 bits per heavy atom. The first-order valence-electron chi connectivity index (χ1n) is 14.9. The van der Waals surface area contributed by atoms with Gasteiger partial charge in [-0.15, -0.1) is 0 Å². The first-order valence-corrected chi connectivity index (χ1v) is 16.4. The van der Waals surface area contributed by atoms with E-state index in [-0.39, 0.29) is 29.7 Å². The number of hydrogen-bond acceptors (Lipinski definition) is 4. The Kier molecular flexibility index (Phi) is 11.0. The molecule has 44 heavy (non-hydrogen) atoms. The Labute approximate surface area is 261 Å². The van der Waals surface area contributed by atoms with Crippen molar-refractivity contribution in [1.82, 2.24) is 10.2 Å². The SMILES string of the molecule is CCNC(=O)C(Cc1ccccc1)N(Cc1ccccc1)C(=O)CN(c1ccc(C(C)C)cc1)S(=O)(=O)c1ccc(C)cc1. The predicted molar refractivity (Wildman–Crippen MR) is 176 cm³/mol. The molecule has 0 aliphatic rings. The van der Waals surface area contributed by atoms with E-state index in [9.17, 15) is 18.0 Å². The van der Waals surface area contributed by atoms with Gasteiger partial charge >= 0.3 is 0 Å². The highest BCUT2D eigenvalue weighted by atomic mass is 32.2. The number of nitrogens with one attached hydrogen (secondary N) is 1. The lowest BCUT2D eigenvalue weighted by Gasteiger charge is -2.34. The van der Waals surface area contributed by atoms with Crippen molar-refractivity contribution in [2.75, 3.05) is 17.4 Å². The third-order valence-electron chi connectivity index (χ3n) is 7.55. The Morgan fingerprint density at radius 2 is 1.34 bits per heavy atom. The summed E-state index contributed by atoms with van der Waals surface area (Å²) in [5.74, 6) is -0.524. The second-order valence-electron chi connectivity index (χ2n) is 11.2. The summed E-state index contributed by atoms with van der Waals surface area (Å²) in [6.07, 6.45) is 0.277. The van der Waals surface area contributed by atoms with E-state index in [1.165, 1.54) is 4.90 Å². The molecule has 1 atom stereocenters. The maximum atomic E-state index is 14.4. The van der Waals surface area contributed by atoms with Crippen molar-refractivity contribution in [1.29, 1.82) is 0 Å². The number of sulfonamides is 1. The largest absolute Gasteiger partial charge is 0.355 e. The van der Waals surface area contributed by atoms with E-state index in [4.69, 9.17) is 0 Å². The van der Waals surface area contributed by atoms with Crippen molar-refractivity contribution >= 4 is 27.5 Å². The fourth-order valence-electron chi connectivity index (χ4n) is 5.02. The van der Waals surface area contributed by atoms with Crippen LogP contribution in [0.3, 0.4) is 0 Å². The van der Waals surface area contributed by atoms with E-state index < -0.39 is 28.5 Å². The van der Waals surface area contributed by atoms with Crippen LogP contribution in [0.2, 0.25) is 0 Å². The molecular weight excluding hydrogens is 570 g/mol. The number of aryl methyl sites for hydroxylation is 1. The van der Waals surface area contributed by atoms with Gasteiger partial charge < -0.3 is 10.2 Å². The van der Waals surface area contributed by atoms with Gasteiger partial charge in [0.15, 0.2) is 0 Å². The van der Waals surface area contributed by atoms with Crippen LogP contribution in [0.4, 0.5) is 5.69 Å². The van der Waals surface area contributed by atoms with Crippen molar-refractivity contribution < 1.29 is 18.0 Å². The number of benzene rings is 4. The minimum absolute atomic E-state index is 0.0861. The van der Waals surface area contributed by atoms with E-state index in [0.717, 1.165) is 26.6 Å². The smallest absolute Gasteiger partial charge is 0.264 e. The Hall–Kier alpha value is -4.43. The van der Waals surface area contributed by atoms with Gasteiger partial charge in [-0.2, -0.15) is 0 Å². The zero-order valence-electron chi connectivity index (χ0n) is 25.8. The van der Waals surface area contributed by atoms with E-state index >= 15 is 0 Å². The monoisotopic (exact) mass is 611 g/mol. The molecule has 1 N–H and O–H groups in total. The van der Waals surface area contributed by atoms with Gasteiger partial charge in [0.2, 0.25) is 11.8 Å². The molecule has 0 aliphatic heterocycles. The summed E-state index contributed by atoms with van der Waals surface area (Å²) in [5, 5.41) is 2.89. The van der Waals surface area contributed by atoms with Crippen LogP contribution in [0.5, 0.6) is 0 Å². The molecule has 4 aromatic rings. The van der Waals surface area contributed by atoms with E-state index in [2.05, 4.69) is 19.2 Å². The van der Waals surface area contributed by atoms with Crippen LogP contribution in [0.25, 0.3) is 0 Å². The van der Waals surface area contributed by atoms with Crippen molar-refractivity contribution in [3.05, 3.63) is 131 Å². The standard InChI is InChI=1S/C36H41N3O4S/c1-5-37-36(41)34(24-29-12-8-6-9-13-29)38(25-30-14-10-7-11-15-30)35(40)26-39(32-20-18-31(19-21-32)27(2)3)44(42,43)33-22-16-28(4)17-23-33/h6-23,27,34H,5,24-26H2,1-4H3,(H,37,41). The number of likely N-dealkylation sites (N-methyl/N-ethyl adjacent to an activating group) is 1. The van der Waals surface area contributed by atoms with Gasteiger partial charge in [0.1, 0.15) is 12.6 Å². The van der Waals surface area contributed by atoms with Crippen LogP contribution >= 0.6 is 0 Å². The minimum Gasteiger partial charge on any atom is -0.355 e. The fourth-order valence-corrected chi connectivity index (χ4v) is 6.43. The van der Waals surface area contributed by atoms with Crippen LogP contribution in [0.1, 0.15) is 48.9 Å². The molecule has 0 bridgehead atoms. The molecule has 0 saturated carbocycles. The minimum atomic E-state index is -4.14. The summed E-state index contributed by atoms with van der Waals surface area (Å²) in [4.78, 5) is 29.6. The van der Waals surface area contributed by atoms with Gasteiger partial charge in [-0.3, -0.25) is 13.9 Å². The van der Waals surface area contributed by atoms with Gasteiger partial charge in [-0.25, -0.2) is 8.42 Å². The van der Waals surface area contributed by atoms with E-state index in [0.29, 0.717) is 12.2 Å². The summed E-state index contributed by atoms with van der Waals surface area (Å²) in [7, 11) is -4.14. The third-order valence-corrected chi connectivity index (χ3v) is 9.34. The molecule has 0 aliphatic carbocycles. The Balaban J connectivity index is 1.79. The van der Waals surface area contributed by atoms with Crippen molar-refractivity contribution in [2.45, 2.75) is 57.5 Å². The maximum Gasteiger partial charge on any atom is 0.264 e. The summed E-state index contributed by atoms with van der Waals surface area (Å²) >= 11 is 0. The second-order valence-corrected chi connectivity index (χ2v) is 13.0. The zero-order valence-corrected chi connectivity index (χ0v) is 26.6. The lowest BCUT2D eigenvalue weighted by atomic mass is 10.0. The van der Waals surface area contributed by atoms with Crippen molar-refractivity contribution in [3.8, 4) is 0 Å². The maximum absolute atomic E-state index is 14.4. The average Bonchev–Trinajstić information content (AvgIpc) is 3.02. The molecule has 0 radical (unpaired) electrons. The first kappa shape index (κ1) is 32.5. The van der Waals surface area contributed by atoms with Crippen LogP contribution in [0.15, 0.2) is 114 Å². The third kappa shape index (κ3) is 8.14. The lowest BCUT2D eigenvalue weighted by molar-refractivity contribution is -0.140. The number of nitrogens with zero attached hydrogens (tertiary/aromatic N) is 2. The second kappa shape index (κ2) is 14.8. The highest BCUT2D eigenvalue weighted by Gasteiger charge is 2.34. The predicted octanol–water partition coefficient (Wildman–Crippen LogP) is 6.09. The van der Waals surface area contributed by atoms with Gasteiger partial charge in [-0.1, -0.05) is 104 Å². The molecule has 0 heterocycles. The summed E-state index contributed by atoms with van der Waals surface area (Å²) in [6.45, 7) is 7.90. The lowest BCUT2D eigenvalue weighted by Crippen LogP contribution is -2.53. The summed E-state index contributed by atoms with van der Waals surface area (Å²) in [6, 6.07) is 31.9. The fraction of sp³-hybridized carbons (Fsp3) is 0.278. The molecule has 1 unspecified atom stereocenters. The van der Waals surface area contributed by atoms with E-state index in [1.807, 2.05) is 86.6 Å². The molecule has 0 saturated heterocycles. The summed E-state index contributed by atoms with van der Waals surface area (Å²) < 4.78 is 29.5. The highest BCUT2D eigenvalue weighted by molar-refractivity contribution is 7.92. The van der Waals surface area contributed by atoms with E-state index in [1.54, 1.807) is 36.4 Å². The van der Waals surface area contributed by atoms with Crippen LogP contribution < -0.4 is 9.62 Å². The van der Waals surface area contributed by atoms with Gasteiger partial charge in [-0.05, 0) is 60.7 Å². The average molecular weight is 612 g/mol. The van der Waals surface area contributed by atoms with Gasteiger partial charge in [0, 0.05) is 19.5 Å². The number of carbonyl (C=O) groups is 2. The molecule has 7 nitrogen and oxygen atoms in total. The van der Waals surface area contributed by atoms with Gasteiger partial charge in [0.25, 0.3) is 10.0 Å². The topological polar surface area (TPSA) is 86.8 Å². The number of hydrogen-bond donors (Lipinski definition) is 1. The molecular formula is C36H41N3O4S.